The van der Waals surface area contributed by atoms with Crippen molar-refractivity contribution in [1.82, 2.24) is 0 Å². The van der Waals surface area contributed by atoms with Crippen molar-refractivity contribution in [3.8, 4) is 0 Å². The molecule has 4 N–H and O–H groups in total. The Bertz CT molecular complexity index is 1410. The molecule has 4 aromatic carbocycles. The van der Waals surface area contributed by atoms with Crippen molar-refractivity contribution >= 4 is 11.4 Å². The van der Waals surface area contributed by atoms with Crippen LogP contribution in [0.3, 0.4) is 0 Å². The highest BCUT2D eigenvalue weighted by molar-refractivity contribution is 6.54. The second kappa shape index (κ2) is 13.0. The van der Waals surface area contributed by atoms with Gasteiger partial charge in [0.2, 0.25) is 0 Å². The van der Waals surface area contributed by atoms with E-state index in [1.54, 1.807) is 0 Å². The van der Waals surface area contributed by atoms with E-state index >= 15 is 0 Å². The minimum atomic E-state index is -0.210. The average molecular weight is 557 g/mol. The first kappa shape index (κ1) is 29.6. The molecule has 1 fully saturated rings. The highest BCUT2D eigenvalue weighted by Gasteiger charge is 2.37. The van der Waals surface area contributed by atoms with E-state index < -0.39 is 0 Å². The lowest BCUT2D eigenvalue weighted by Crippen LogP contribution is -2.26. The van der Waals surface area contributed by atoms with Gasteiger partial charge in [-0.25, -0.2) is 0 Å². The third-order valence-electron chi connectivity index (χ3n) is 8.48. The monoisotopic (exact) mass is 556 g/mol. The van der Waals surface area contributed by atoms with Gasteiger partial charge < -0.3 is 11.5 Å². The Kier molecular flexibility index (Phi) is 9.15. The summed E-state index contributed by atoms with van der Waals surface area (Å²) in [4.78, 5) is 10.3. The molecule has 0 bridgehead atoms. The highest BCUT2D eigenvalue weighted by atomic mass is 15.1. The minimum absolute atomic E-state index is 0.173. The Morgan fingerprint density at radius 1 is 0.476 bits per heavy atom. The van der Waals surface area contributed by atoms with Gasteiger partial charge in [0.1, 0.15) is 0 Å². The number of hydrogen-bond donors (Lipinski definition) is 2. The summed E-state index contributed by atoms with van der Waals surface area (Å²) in [5.74, 6) is 0. The largest absolute Gasteiger partial charge is 0.322 e. The topological polar surface area (TPSA) is 76.8 Å². The Morgan fingerprint density at radius 3 is 1.12 bits per heavy atom. The average Bonchev–Trinajstić information content (AvgIpc) is 3.37. The number of hydrogen-bond acceptors (Lipinski definition) is 4. The van der Waals surface area contributed by atoms with Gasteiger partial charge in [-0.15, -0.1) is 0 Å². The van der Waals surface area contributed by atoms with Gasteiger partial charge in [-0.2, -0.15) is 0 Å². The van der Waals surface area contributed by atoms with Crippen molar-refractivity contribution in [3.63, 3.8) is 0 Å². The minimum Gasteiger partial charge on any atom is -0.322 e. The van der Waals surface area contributed by atoms with Crippen LogP contribution in [0.5, 0.6) is 0 Å². The normalized spacial score (nSPS) is 17.1. The van der Waals surface area contributed by atoms with Crippen molar-refractivity contribution < 1.29 is 0 Å². The standard InChI is InChI=1S/C22H24N2.C16H20N2/c1-16-6-10-18(11-7-16)20-21(19-12-8-17(2)9-13-19)24-22(23-20)14-4-3-5-15-22;1-11-3-7-13(8-4-11)15(17)16(18)14-9-5-12(2)6-10-14/h6-13H,3-5,14-15H2,1-2H3;3-10,15-16H,17-18H2,1-2H3. The summed E-state index contributed by atoms with van der Waals surface area (Å²) < 4.78 is 0. The SMILES string of the molecule is Cc1ccc(C(N)C(N)c2ccc(C)cc2)cc1.Cc1ccc(C2=NC3(CCCCC3)N=C2c2ccc(C)cc2)cc1. The maximum absolute atomic E-state index is 6.23. The van der Waals surface area contributed by atoms with Crippen LogP contribution in [-0.2, 0) is 0 Å². The zero-order chi connectivity index (χ0) is 29.7. The second-order valence-corrected chi connectivity index (χ2v) is 12.1. The third-order valence-corrected chi connectivity index (χ3v) is 8.48. The van der Waals surface area contributed by atoms with Gasteiger partial charge in [0.25, 0.3) is 0 Å². The molecular formula is C38H44N4. The van der Waals surface area contributed by atoms with Crippen LogP contribution in [0.4, 0.5) is 0 Å². The molecule has 42 heavy (non-hydrogen) atoms. The van der Waals surface area contributed by atoms with Gasteiger partial charge in [0.05, 0.1) is 11.4 Å². The van der Waals surface area contributed by atoms with Crippen molar-refractivity contribution in [3.05, 3.63) is 142 Å². The lowest BCUT2D eigenvalue weighted by molar-refractivity contribution is 0.316. The molecule has 1 aliphatic carbocycles. The van der Waals surface area contributed by atoms with E-state index in [-0.39, 0.29) is 17.7 Å². The quantitative estimate of drug-likeness (QED) is 0.260. The summed E-state index contributed by atoms with van der Waals surface area (Å²) in [5.41, 5.74) is 23.9. The van der Waals surface area contributed by atoms with Crippen LogP contribution >= 0.6 is 0 Å². The fourth-order valence-electron chi connectivity index (χ4n) is 5.71. The molecule has 1 spiro atoms. The molecule has 0 aromatic heterocycles. The number of aryl methyl sites for hydroxylation is 4. The Balaban J connectivity index is 0.000000176. The number of aliphatic imine (C=N–C) groups is 2. The molecule has 2 aliphatic rings. The van der Waals surface area contributed by atoms with Gasteiger partial charge in [-0.1, -0.05) is 126 Å². The molecule has 1 heterocycles. The van der Waals surface area contributed by atoms with E-state index in [4.69, 9.17) is 21.5 Å². The molecule has 216 valence electrons. The predicted molar refractivity (Wildman–Crippen MR) is 177 cm³/mol. The van der Waals surface area contributed by atoms with Gasteiger partial charge in [0.15, 0.2) is 5.66 Å². The van der Waals surface area contributed by atoms with Gasteiger partial charge in [-0.3, -0.25) is 9.98 Å². The van der Waals surface area contributed by atoms with E-state index in [1.807, 2.05) is 24.3 Å². The molecule has 0 saturated heterocycles. The fourth-order valence-corrected chi connectivity index (χ4v) is 5.71. The van der Waals surface area contributed by atoms with Crippen molar-refractivity contribution in [1.29, 1.82) is 0 Å². The van der Waals surface area contributed by atoms with Gasteiger partial charge in [0, 0.05) is 23.2 Å². The first-order valence-corrected chi connectivity index (χ1v) is 15.2. The molecular weight excluding hydrogens is 512 g/mol. The number of benzene rings is 4. The molecule has 2 unspecified atom stereocenters. The molecule has 4 aromatic rings. The van der Waals surface area contributed by atoms with Crippen LogP contribution in [0.2, 0.25) is 0 Å². The molecule has 0 amide bonds. The second-order valence-electron chi connectivity index (χ2n) is 12.1. The van der Waals surface area contributed by atoms with Crippen LogP contribution in [0.15, 0.2) is 107 Å². The summed E-state index contributed by atoms with van der Waals surface area (Å²) in [6.45, 7) is 8.38. The summed E-state index contributed by atoms with van der Waals surface area (Å²) in [6, 6.07) is 33.5. The Morgan fingerprint density at radius 2 is 0.786 bits per heavy atom. The van der Waals surface area contributed by atoms with Crippen LogP contribution in [0.25, 0.3) is 0 Å². The molecule has 1 saturated carbocycles. The molecule has 6 rings (SSSR count). The predicted octanol–water partition coefficient (Wildman–Crippen LogP) is 8.26. The molecule has 1 aliphatic heterocycles. The maximum Gasteiger partial charge on any atom is 0.151 e. The zero-order valence-corrected chi connectivity index (χ0v) is 25.5. The summed E-state index contributed by atoms with van der Waals surface area (Å²) in [7, 11) is 0. The zero-order valence-electron chi connectivity index (χ0n) is 25.5. The summed E-state index contributed by atoms with van der Waals surface area (Å²) in [6.07, 6.45) is 5.94. The summed E-state index contributed by atoms with van der Waals surface area (Å²) >= 11 is 0. The van der Waals surface area contributed by atoms with Crippen molar-refractivity contribution in [2.24, 2.45) is 21.5 Å². The van der Waals surface area contributed by atoms with Crippen LogP contribution in [-0.4, -0.2) is 17.1 Å². The first-order valence-electron chi connectivity index (χ1n) is 15.2. The first-order chi connectivity index (χ1) is 20.2. The lowest BCUT2D eigenvalue weighted by Gasteiger charge is -2.27. The van der Waals surface area contributed by atoms with Crippen LogP contribution in [0, 0.1) is 27.7 Å². The third kappa shape index (κ3) is 6.95. The molecule has 4 nitrogen and oxygen atoms in total. The number of nitrogens with two attached hydrogens (primary N) is 2. The van der Waals surface area contributed by atoms with E-state index in [0.717, 1.165) is 35.4 Å². The molecule has 2 atom stereocenters. The van der Waals surface area contributed by atoms with E-state index in [0.29, 0.717) is 0 Å². The number of nitrogens with zero attached hydrogens (tertiary/aromatic N) is 2. The van der Waals surface area contributed by atoms with Crippen LogP contribution in [0.1, 0.15) is 88.7 Å². The van der Waals surface area contributed by atoms with Crippen LogP contribution < -0.4 is 11.5 Å². The van der Waals surface area contributed by atoms with Crippen molar-refractivity contribution in [2.45, 2.75) is 77.5 Å². The van der Waals surface area contributed by atoms with Gasteiger partial charge >= 0.3 is 0 Å². The highest BCUT2D eigenvalue weighted by Crippen LogP contribution is 2.38. The Labute approximate surface area is 251 Å². The summed E-state index contributed by atoms with van der Waals surface area (Å²) in [5, 5.41) is 0. The fraction of sp³-hybridized carbons (Fsp3) is 0.316. The lowest BCUT2D eigenvalue weighted by atomic mass is 9.90. The van der Waals surface area contributed by atoms with E-state index in [1.165, 1.54) is 52.6 Å². The maximum atomic E-state index is 6.23. The van der Waals surface area contributed by atoms with Gasteiger partial charge in [-0.05, 0) is 64.5 Å². The number of rotatable bonds is 5. The van der Waals surface area contributed by atoms with Crippen molar-refractivity contribution in [2.75, 3.05) is 0 Å². The molecule has 0 radical (unpaired) electrons. The molecule has 4 heteroatoms. The van der Waals surface area contributed by atoms with E-state index in [2.05, 4.69) is 100 Å². The van der Waals surface area contributed by atoms with E-state index in [9.17, 15) is 0 Å². The smallest absolute Gasteiger partial charge is 0.151 e. The Hall–Kier alpha value is -3.86.